The molecule has 0 radical (unpaired) electrons. The highest BCUT2D eigenvalue weighted by atomic mass is 35.5. The Morgan fingerprint density at radius 1 is 1.10 bits per heavy atom. The van der Waals surface area contributed by atoms with Gasteiger partial charge in [0.1, 0.15) is 35.3 Å². The number of anilines is 2. The molecule has 3 aromatic heterocycles. The molecule has 0 unspecified atom stereocenters. The van der Waals surface area contributed by atoms with Crippen LogP contribution < -0.4 is 11.1 Å². The first-order chi connectivity index (χ1) is 20.2. The summed E-state index contributed by atoms with van der Waals surface area (Å²) in [6, 6.07) is 10.3. The van der Waals surface area contributed by atoms with Crippen LogP contribution in [0.3, 0.4) is 0 Å². The fraction of sp³-hybridized carbons (Fsp3) is 0.467. The Bertz CT molecular complexity index is 1580. The summed E-state index contributed by atoms with van der Waals surface area (Å²) < 4.78 is 7.60. The van der Waals surface area contributed by atoms with Gasteiger partial charge in [-0.3, -0.25) is 9.69 Å². The molecule has 1 saturated heterocycles. The van der Waals surface area contributed by atoms with E-state index < -0.39 is 5.97 Å². The third-order valence-electron chi connectivity index (χ3n) is 8.49. The summed E-state index contributed by atoms with van der Waals surface area (Å²) in [5.41, 5.74) is 9.23. The zero-order valence-electron chi connectivity index (χ0n) is 24.0. The summed E-state index contributed by atoms with van der Waals surface area (Å²) >= 11 is 6.72. The summed E-state index contributed by atoms with van der Waals surface area (Å²) in [7, 11) is 2.18. The summed E-state index contributed by atoms with van der Waals surface area (Å²) in [5.74, 6) is 1.07. The topological polar surface area (TPSA) is 139 Å². The standard InChI is InChI=1S/C30H37ClN8O3/c1-18-3-9-22(42-18)17-33-24-10-4-19(15-23(24)31)28-27-29(32)34-25(16-26(40)41)35-30(27)39(36-28)21-7-5-20(6-8-21)38-13-11-37(2)12-14-38/h3-4,9-10,15,20-21,33H,5-8,11-14,16-17H2,1-2H3,(H,40,41)(H2,32,34,35). The number of aryl methyl sites for hydroxylation is 1. The molecule has 1 aromatic carbocycles. The molecule has 4 heterocycles. The van der Waals surface area contributed by atoms with E-state index >= 15 is 0 Å². The Morgan fingerprint density at radius 3 is 2.50 bits per heavy atom. The van der Waals surface area contributed by atoms with E-state index in [2.05, 4.69) is 32.1 Å². The first kappa shape index (κ1) is 28.4. The van der Waals surface area contributed by atoms with Gasteiger partial charge in [-0.05, 0) is 63.9 Å². The molecular formula is C30H37ClN8O3. The van der Waals surface area contributed by atoms with Gasteiger partial charge in [0.2, 0.25) is 0 Å². The number of benzene rings is 1. The molecule has 1 aliphatic carbocycles. The number of carbonyl (C=O) groups is 1. The molecule has 12 heteroatoms. The number of halogens is 1. The van der Waals surface area contributed by atoms with Crippen molar-refractivity contribution < 1.29 is 14.3 Å². The number of hydrogen-bond acceptors (Lipinski definition) is 9. The fourth-order valence-corrected chi connectivity index (χ4v) is 6.45. The van der Waals surface area contributed by atoms with Crippen molar-refractivity contribution in [1.82, 2.24) is 29.5 Å². The molecule has 42 heavy (non-hydrogen) atoms. The number of nitrogens with zero attached hydrogens (tertiary/aromatic N) is 6. The second-order valence-corrected chi connectivity index (χ2v) is 11.9. The van der Waals surface area contributed by atoms with Crippen molar-refractivity contribution in [3.05, 3.63) is 52.7 Å². The van der Waals surface area contributed by atoms with E-state index in [0.717, 1.165) is 74.6 Å². The highest BCUT2D eigenvalue weighted by Crippen LogP contribution is 2.39. The van der Waals surface area contributed by atoms with E-state index in [0.29, 0.717) is 34.3 Å². The van der Waals surface area contributed by atoms with Crippen LogP contribution in [0.2, 0.25) is 5.02 Å². The summed E-state index contributed by atoms with van der Waals surface area (Å²) in [6.07, 6.45) is 3.77. The number of carboxylic acid groups (broad SMARTS) is 1. The molecule has 2 fully saturated rings. The first-order valence-electron chi connectivity index (χ1n) is 14.5. The van der Waals surface area contributed by atoms with Crippen LogP contribution in [0.4, 0.5) is 11.5 Å². The van der Waals surface area contributed by atoms with Gasteiger partial charge in [0.15, 0.2) is 5.65 Å². The van der Waals surface area contributed by atoms with Crippen LogP contribution in [-0.2, 0) is 17.8 Å². The number of aromatic nitrogens is 4. The third-order valence-corrected chi connectivity index (χ3v) is 8.81. The van der Waals surface area contributed by atoms with Gasteiger partial charge in [0, 0.05) is 37.8 Å². The van der Waals surface area contributed by atoms with Gasteiger partial charge >= 0.3 is 5.97 Å². The van der Waals surface area contributed by atoms with Gasteiger partial charge in [-0.2, -0.15) is 5.10 Å². The van der Waals surface area contributed by atoms with Gasteiger partial charge < -0.3 is 25.5 Å². The molecule has 1 aliphatic heterocycles. The highest BCUT2D eigenvalue weighted by Gasteiger charge is 2.31. The molecule has 0 atom stereocenters. The van der Waals surface area contributed by atoms with Gasteiger partial charge in [-0.15, -0.1) is 0 Å². The monoisotopic (exact) mass is 592 g/mol. The number of rotatable bonds is 8. The number of hydrogen-bond donors (Lipinski definition) is 3. The number of nitrogens with two attached hydrogens (primary N) is 1. The Kier molecular flexibility index (Phi) is 8.06. The van der Waals surface area contributed by atoms with Crippen LogP contribution in [0.1, 0.15) is 49.1 Å². The lowest BCUT2D eigenvalue weighted by Gasteiger charge is -2.41. The maximum Gasteiger partial charge on any atom is 0.311 e. The normalized spacial score (nSPS) is 20.3. The van der Waals surface area contributed by atoms with Crippen molar-refractivity contribution in [3.8, 4) is 11.3 Å². The van der Waals surface area contributed by atoms with E-state index in [4.69, 9.17) is 26.9 Å². The molecule has 1 saturated carbocycles. The largest absolute Gasteiger partial charge is 0.481 e. The number of carboxylic acids is 1. The number of nitrogens with one attached hydrogen (secondary N) is 1. The van der Waals surface area contributed by atoms with E-state index in [-0.39, 0.29) is 24.1 Å². The quantitative estimate of drug-likeness (QED) is 0.266. The Morgan fingerprint density at radius 2 is 1.83 bits per heavy atom. The minimum absolute atomic E-state index is 0.130. The van der Waals surface area contributed by atoms with E-state index in [9.17, 15) is 9.90 Å². The maximum absolute atomic E-state index is 11.5. The van der Waals surface area contributed by atoms with Crippen molar-refractivity contribution in [2.45, 2.75) is 57.7 Å². The van der Waals surface area contributed by atoms with Gasteiger partial charge in [0.05, 0.1) is 28.7 Å². The first-order valence-corrected chi connectivity index (χ1v) is 14.9. The summed E-state index contributed by atoms with van der Waals surface area (Å²) in [5, 5.41) is 18.9. The number of fused-ring (bicyclic) bond motifs is 1. The second kappa shape index (κ2) is 11.9. The number of piperazine rings is 1. The van der Waals surface area contributed by atoms with E-state index in [1.54, 1.807) is 0 Å². The molecule has 4 aromatic rings. The average Bonchev–Trinajstić information content (AvgIpc) is 3.56. The minimum Gasteiger partial charge on any atom is -0.481 e. The number of aliphatic carboxylic acids is 1. The second-order valence-electron chi connectivity index (χ2n) is 11.4. The predicted octanol–water partition coefficient (Wildman–Crippen LogP) is 4.60. The molecular weight excluding hydrogens is 556 g/mol. The Hall–Kier alpha value is -3.67. The average molecular weight is 593 g/mol. The zero-order valence-corrected chi connectivity index (χ0v) is 24.8. The molecule has 0 spiro atoms. The molecule has 0 bridgehead atoms. The molecule has 6 rings (SSSR count). The number of nitrogen functional groups attached to an aromatic ring is 1. The molecule has 222 valence electrons. The van der Waals surface area contributed by atoms with Crippen molar-refractivity contribution in [3.63, 3.8) is 0 Å². The van der Waals surface area contributed by atoms with Gasteiger partial charge in [-0.25, -0.2) is 14.6 Å². The Labute approximate surface area is 249 Å². The lowest BCUT2D eigenvalue weighted by Crippen LogP contribution is -2.49. The van der Waals surface area contributed by atoms with Crippen molar-refractivity contribution in [2.24, 2.45) is 0 Å². The molecule has 2 aliphatic rings. The van der Waals surface area contributed by atoms with Crippen molar-refractivity contribution in [2.75, 3.05) is 44.3 Å². The smallest absolute Gasteiger partial charge is 0.311 e. The lowest BCUT2D eigenvalue weighted by atomic mass is 9.90. The van der Waals surface area contributed by atoms with Crippen LogP contribution in [-0.4, -0.2) is 79.9 Å². The van der Waals surface area contributed by atoms with E-state index in [1.807, 2.05) is 41.9 Å². The van der Waals surface area contributed by atoms with Crippen LogP contribution in [0, 0.1) is 6.92 Å². The van der Waals surface area contributed by atoms with Gasteiger partial charge in [-0.1, -0.05) is 17.7 Å². The van der Waals surface area contributed by atoms with Crippen LogP contribution in [0.15, 0.2) is 34.7 Å². The SMILES string of the molecule is Cc1ccc(CNc2ccc(-c3nn(C4CCC(N5CCN(C)CC5)CC4)c4nc(CC(=O)O)nc(N)c34)cc2Cl)o1. The molecule has 0 amide bonds. The van der Waals surface area contributed by atoms with E-state index in [1.165, 1.54) is 0 Å². The zero-order chi connectivity index (χ0) is 29.4. The fourth-order valence-electron chi connectivity index (χ4n) is 6.20. The molecule has 11 nitrogen and oxygen atoms in total. The lowest BCUT2D eigenvalue weighted by molar-refractivity contribution is -0.136. The van der Waals surface area contributed by atoms with Crippen LogP contribution >= 0.6 is 11.6 Å². The predicted molar refractivity (Wildman–Crippen MR) is 163 cm³/mol. The number of likely N-dealkylation sites (N-methyl/N-ethyl adjacent to an activating group) is 1. The highest BCUT2D eigenvalue weighted by molar-refractivity contribution is 6.33. The summed E-state index contributed by atoms with van der Waals surface area (Å²) in [4.78, 5) is 25.5. The summed E-state index contributed by atoms with van der Waals surface area (Å²) in [6.45, 7) is 6.85. The van der Waals surface area contributed by atoms with Crippen LogP contribution in [0.5, 0.6) is 0 Å². The van der Waals surface area contributed by atoms with Crippen molar-refractivity contribution >= 4 is 40.1 Å². The minimum atomic E-state index is -1.01. The number of furan rings is 1. The van der Waals surface area contributed by atoms with Crippen LogP contribution in [0.25, 0.3) is 22.3 Å². The molecule has 4 N–H and O–H groups in total. The Balaban J connectivity index is 1.29. The third kappa shape index (κ3) is 5.95. The van der Waals surface area contributed by atoms with Gasteiger partial charge in [0.25, 0.3) is 0 Å². The maximum atomic E-state index is 11.5. The van der Waals surface area contributed by atoms with Crippen molar-refractivity contribution in [1.29, 1.82) is 0 Å².